The van der Waals surface area contributed by atoms with Crippen LogP contribution in [0.3, 0.4) is 0 Å². The van der Waals surface area contributed by atoms with Crippen molar-refractivity contribution in [1.29, 1.82) is 0 Å². The molecule has 27 heavy (non-hydrogen) atoms. The number of rotatable bonds is 4. The topological polar surface area (TPSA) is 83.4 Å². The first-order valence-corrected chi connectivity index (χ1v) is 10.8. The van der Waals surface area contributed by atoms with Crippen molar-refractivity contribution >= 4 is 15.9 Å². The molecule has 0 saturated carbocycles. The number of likely N-dealkylation sites (N-methyl/N-ethyl adjacent to an activating group) is 1. The second kappa shape index (κ2) is 8.24. The van der Waals surface area contributed by atoms with Crippen LogP contribution in [0.15, 0.2) is 29.2 Å². The summed E-state index contributed by atoms with van der Waals surface area (Å²) < 4.78 is 32.8. The lowest BCUT2D eigenvalue weighted by Crippen LogP contribution is -3.12. The van der Waals surface area contributed by atoms with E-state index in [1.807, 2.05) is 18.9 Å². The lowest BCUT2D eigenvalue weighted by molar-refractivity contribution is -0.884. The first kappa shape index (κ1) is 20.2. The summed E-state index contributed by atoms with van der Waals surface area (Å²) in [6.45, 7) is 7.97. The number of hydrogen-bond donors (Lipinski definition) is 2. The van der Waals surface area contributed by atoms with Gasteiger partial charge in [0.15, 0.2) is 0 Å². The summed E-state index contributed by atoms with van der Waals surface area (Å²) in [4.78, 5) is 14.1. The van der Waals surface area contributed by atoms with Crippen LogP contribution in [-0.2, 0) is 14.8 Å². The van der Waals surface area contributed by atoms with Gasteiger partial charge in [0.2, 0.25) is 10.0 Å². The van der Waals surface area contributed by atoms with E-state index in [4.69, 9.17) is 4.74 Å². The number of nitrogens with one attached hydrogen (secondary N) is 2. The maximum atomic E-state index is 12.9. The third kappa shape index (κ3) is 4.85. The summed E-state index contributed by atoms with van der Waals surface area (Å²) in [5.41, 5.74) is 3.34. The van der Waals surface area contributed by atoms with Crippen LogP contribution < -0.4 is 10.3 Å². The minimum atomic E-state index is -3.60. The number of hydrogen-bond acceptors (Lipinski definition) is 5. The molecule has 0 radical (unpaired) electrons. The number of benzene rings is 1. The number of piperazine rings is 1. The summed E-state index contributed by atoms with van der Waals surface area (Å²) in [5, 5.41) is 1.91. The summed E-state index contributed by atoms with van der Waals surface area (Å²) in [6.07, 6.45) is -0.280. The maximum absolute atomic E-state index is 12.9. The van der Waals surface area contributed by atoms with E-state index in [0.29, 0.717) is 18.7 Å². The van der Waals surface area contributed by atoms with Gasteiger partial charge in [-0.25, -0.2) is 13.4 Å². The Hall–Kier alpha value is -1.52. The molecule has 2 atom stereocenters. The van der Waals surface area contributed by atoms with Crippen molar-refractivity contribution < 1.29 is 22.8 Å². The zero-order valence-electron chi connectivity index (χ0n) is 16.1. The number of nitrogens with zero attached hydrogens (tertiary/aromatic N) is 2. The van der Waals surface area contributed by atoms with Crippen molar-refractivity contribution in [3.8, 4) is 0 Å². The zero-order chi connectivity index (χ0) is 19.6. The standard InChI is InChI=1S/C18H28N4O4S/c1-14-12-22(13-15(2)26-14)27(24,25)17-6-4-16(5-7-17)18(23)19-21-10-8-20(3)9-11-21/h4-7,14-15H,8-13H2,1-3H3,(H,19,23)/p+1/t14-,15-/m0/s1. The van der Waals surface area contributed by atoms with Crippen molar-refractivity contribution in [1.82, 2.24) is 14.7 Å². The first-order valence-electron chi connectivity index (χ1n) is 9.38. The molecule has 2 saturated heterocycles. The van der Waals surface area contributed by atoms with Gasteiger partial charge in [-0.3, -0.25) is 10.2 Å². The molecule has 2 aliphatic rings. The molecule has 150 valence electrons. The lowest BCUT2D eigenvalue weighted by atomic mass is 10.2. The van der Waals surface area contributed by atoms with Gasteiger partial charge in [-0.05, 0) is 38.1 Å². The van der Waals surface area contributed by atoms with Crippen molar-refractivity contribution in [3.05, 3.63) is 29.8 Å². The van der Waals surface area contributed by atoms with Gasteiger partial charge >= 0.3 is 0 Å². The van der Waals surface area contributed by atoms with Gasteiger partial charge in [0, 0.05) is 18.7 Å². The van der Waals surface area contributed by atoms with E-state index >= 15 is 0 Å². The highest BCUT2D eigenvalue weighted by atomic mass is 32.2. The molecule has 0 aliphatic carbocycles. The molecule has 1 aromatic carbocycles. The predicted octanol–water partition coefficient (Wildman–Crippen LogP) is -1.04. The molecule has 2 N–H and O–H groups in total. The number of hydrazine groups is 1. The SMILES string of the molecule is C[C@H]1CN(S(=O)(=O)c2ccc(C(=O)NN3CC[NH+](C)CC3)cc2)C[C@H](C)O1. The Kier molecular flexibility index (Phi) is 6.17. The Balaban J connectivity index is 1.66. The van der Waals surface area contributed by atoms with Crippen molar-refractivity contribution in [2.24, 2.45) is 0 Å². The molecule has 0 bridgehead atoms. The van der Waals surface area contributed by atoms with E-state index in [-0.39, 0.29) is 23.0 Å². The van der Waals surface area contributed by atoms with E-state index in [1.54, 1.807) is 12.1 Å². The Morgan fingerprint density at radius 1 is 1.11 bits per heavy atom. The van der Waals surface area contributed by atoms with Crippen LogP contribution in [0, 0.1) is 0 Å². The van der Waals surface area contributed by atoms with Gasteiger partial charge in [0.1, 0.15) is 0 Å². The van der Waals surface area contributed by atoms with Crippen LogP contribution in [0.4, 0.5) is 0 Å². The Labute approximate surface area is 161 Å². The molecule has 1 aromatic rings. The van der Waals surface area contributed by atoms with Gasteiger partial charge in [0.05, 0.1) is 50.3 Å². The number of carbonyl (C=O) groups is 1. The number of sulfonamides is 1. The van der Waals surface area contributed by atoms with E-state index in [1.165, 1.54) is 21.3 Å². The summed E-state index contributed by atoms with van der Waals surface area (Å²) in [6, 6.07) is 6.14. The molecule has 8 nitrogen and oxygen atoms in total. The molecular weight excluding hydrogens is 368 g/mol. The number of ether oxygens (including phenoxy) is 1. The van der Waals surface area contributed by atoms with E-state index in [0.717, 1.165) is 26.2 Å². The Bertz CT molecular complexity index is 750. The van der Waals surface area contributed by atoms with Crippen LogP contribution in [0.25, 0.3) is 0 Å². The summed E-state index contributed by atoms with van der Waals surface area (Å²) >= 11 is 0. The minimum Gasteiger partial charge on any atom is -0.373 e. The largest absolute Gasteiger partial charge is 0.373 e. The highest BCUT2D eigenvalue weighted by Crippen LogP contribution is 2.21. The maximum Gasteiger partial charge on any atom is 0.265 e. The molecule has 2 heterocycles. The molecule has 0 unspecified atom stereocenters. The van der Waals surface area contributed by atoms with Crippen molar-refractivity contribution in [3.63, 3.8) is 0 Å². The average molecular weight is 398 g/mol. The van der Waals surface area contributed by atoms with Crippen molar-refractivity contribution in [2.45, 2.75) is 31.0 Å². The fourth-order valence-corrected chi connectivity index (χ4v) is 5.05. The number of morpholine rings is 1. The second-order valence-electron chi connectivity index (χ2n) is 7.49. The highest BCUT2D eigenvalue weighted by molar-refractivity contribution is 7.89. The molecule has 0 aromatic heterocycles. The van der Waals surface area contributed by atoms with Crippen LogP contribution in [0.1, 0.15) is 24.2 Å². The smallest absolute Gasteiger partial charge is 0.265 e. The third-order valence-electron chi connectivity index (χ3n) is 5.02. The van der Waals surface area contributed by atoms with Gasteiger partial charge in [0.25, 0.3) is 5.91 Å². The summed E-state index contributed by atoms with van der Waals surface area (Å²) in [7, 11) is -1.46. The third-order valence-corrected chi connectivity index (χ3v) is 6.86. The van der Waals surface area contributed by atoms with E-state index < -0.39 is 10.0 Å². The van der Waals surface area contributed by atoms with Crippen LogP contribution >= 0.6 is 0 Å². The monoisotopic (exact) mass is 397 g/mol. The van der Waals surface area contributed by atoms with Gasteiger partial charge < -0.3 is 9.64 Å². The van der Waals surface area contributed by atoms with Crippen LogP contribution in [0.5, 0.6) is 0 Å². The number of amides is 1. The molecular formula is C18H29N4O4S+. The molecule has 9 heteroatoms. The van der Waals surface area contributed by atoms with E-state index in [9.17, 15) is 13.2 Å². The molecule has 0 spiro atoms. The van der Waals surface area contributed by atoms with Crippen LogP contribution in [0.2, 0.25) is 0 Å². The fourth-order valence-electron chi connectivity index (χ4n) is 3.46. The van der Waals surface area contributed by atoms with Gasteiger partial charge in [-0.1, -0.05) is 0 Å². The van der Waals surface area contributed by atoms with E-state index in [2.05, 4.69) is 12.5 Å². The van der Waals surface area contributed by atoms with Crippen molar-refractivity contribution in [2.75, 3.05) is 46.3 Å². The average Bonchev–Trinajstić information content (AvgIpc) is 2.63. The van der Waals surface area contributed by atoms with Crippen LogP contribution in [-0.4, -0.2) is 82.2 Å². The minimum absolute atomic E-state index is 0.140. The van der Waals surface area contributed by atoms with Gasteiger partial charge in [-0.15, -0.1) is 0 Å². The number of carbonyl (C=O) groups excluding carboxylic acids is 1. The van der Waals surface area contributed by atoms with Gasteiger partial charge in [-0.2, -0.15) is 4.31 Å². The number of quaternary nitrogens is 1. The summed E-state index contributed by atoms with van der Waals surface area (Å²) in [5.74, 6) is -0.216. The molecule has 2 aliphatic heterocycles. The normalized spacial score (nSPS) is 26.0. The fraction of sp³-hybridized carbons (Fsp3) is 0.611. The quantitative estimate of drug-likeness (QED) is 0.678. The zero-order valence-corrected chi connectivity index (χ0v) is 17.0. The first-order chi connectivity index (χ1) is 12.8. The molecule has 1 amide bonds. The Morgan fingerprint density at radius 3 is 2.22 bits per heavy atom. The highest BCUT2D eigenvalue weighted by Gasteiger charge is 2.32. The second-order valence-corrected chi connectivity index (χ2v) is 9.43. The lowest BCUT2D eigenvalue weighted by Gasteiger charge is -2.34. The molecule has 3 rings (SSSR count). The molecule has 2 fully saturated rings. The predicted molar refractivity (Wildman–Crippen MR) is 101 cm³/mol. The Morgan fingerprint density at radius 2 is 1.67 bits per heavy atom.